The molecule has 1 aromatic carbocycles. The Morgan fingerprint density at radius 2 is 1.87 bits per heavy atom. The summed E-state index contributed by atoms with van der Waals surface area (Å²) in [5.41, 5.74) is 0.908. The third-order valence-corrected chi connectivity index (χ3v) is 4.08. The van der Waals surface area contributed by atoms with Crippen LogP contribution < -0.4 is 10.6 Å². The molecule has 7 nitrogen and oxygen atoms in total. The van der Waals surface area contributed by atoms with Crippen LogP contribution in [0.25, 0.3) is 11.1 Å². The van der Waals surface area contributed by atoms with Crippen LogP contribution in [0.4, 0.5) is 5.82 Å². The first-order valence-corrected chi connectivity index (χ1v) is 10.2. The lowest BCUT2D eigenvalue weighted by Gasteiger charge is -2.20. The number of carbonyl (C=O) groups is 1. The van der Waals surface area contributed by atoms with Crippen molar-refractivity contribution in [1.29, 1.82) is 0 Å². The van der Waals surface area contributed by atoms with Crippen LogP contribution in [0.2, 0.25) is 10.0 Å². The molecule has 0 aliphatic rings. The molecule has 0 aliphatic carbocycles. The first-order valence-electron chi connectivity index (χ1n) is 9.46. The number of aliphatic hydroxyl groups is 2. The van der Waals surface area contributed by atoms with Crippen LogP contribution in [0.1, 0.15) is 24.3 Å². The van der Waals surface area contributed by atoms with Gasteiger partial charge in [0.1, 0.15) is 11.5 Å². The Hall–Kier alpha value is -2.42. The Labute approximate surface area is 192 Å². The van der Waals surface area contributed by atoms with Crippen LogP contribution in [0.15, 0.2) is 54.9 Å². The van der Waals surface area contributed by atoms with Gasteiger partial charge in [0, 0.05) is 35.1 Å². The van der Waals surface area contributed by atoms with Gasteiger partial charge in [-0.2, -0.15) is 0 Å². The number of rotatable bonds is 6. The molecule has 5 N–H and O–H groups in total. The highest BCUT2D eigenvalue weighted by Crippen LogP contribution is 2.30. The van der Waals surface area contributed by atoms with Gasteiger partial charge in [-0.25, -0.2) is 4.98 Å². The summed E-state index contributed by atoms with van der Waals surface area (Å²) in [6.07, 6.45) is 3.92. The Morgan fingerprint density at radius 1 is 1.19 bits per heavy atom. The van der Waals surface area contributed by atoms with Crippen molar-refractivity contribution in [3.8, 4) is 11.1 Å². The minimum absolute atomic E-state index is 0.233. The molecule has 31 heavy (non-hydrogen) atoms. The van der Waals surface area contributed by atoms with Crippen LogP contribution >= 0.6 is 23.2 Å². The number of aldehydes is 1. The van der Waals surface area contributed by atoms with Gasteiger partial charge in [0.15, 0.2) is 6.29 Å². The number of benzene rings is 1. The fourth-order valence-corrected chi connectivity index (χ4v) is 2.56. The van der Waals surface area contributed by atoms with E-state index in [9.17, 15) is 9.90 Å². The topological polar surface area (TPSA) is 110 Å². The molecule has 0 radical (unpaired) electrons. The number of hydrogen-bond donors (Lipinski definition) is 5. The molecule has 0 aliphatic heterocycles. The second kappa shape index (κ2) is 13.8. The van der Waals surface area contributed by atoms with Gasteiger partial charge in [0.2, 0.25) is 0 Å². The fraction of sp³-hybridized carbons (Fsp3) is 0.273. The summed E-state index contributed by atoms with van der Waals surface area (Å²) in [7, 11) is 1.80. The van der Waals surface area contributed by atoms with Crippen LogP contribution in [0.3, 0.4) is 0 Å². The van der Waals surface area contributed by atoms with Gasteiger partial charge in [0.05, 0.1) is 17.3 Å². The van der Waals surface area contributed by atoms with E-state index in [4.69, 9.17) is 28.3 Å². The Bertz CT molecular complexity index is 911. The number of carbonyl (C=O) groups excluding carboxylic acids is 1. The lowest BCUT2D eigenvalue weighted by atomic mass is 10.1. The first-order chi connectivity index (χ1) is 14.7. The minimum Gasteiger partial charge on any atom is -0.395 e. The van der Waals surface area contributed by atoms with E-state index in [1.165, 1.54) is 6.20 Å². The van der Waals surface area contributed by atoms with Crippen molar-refractivity contribution in [1.82, 2.24) is 15.3 Å². The maximum atomic E-state index is 10.7. The smallest absolute Gasteiger partial charge is 0.166 e. The molecule has 0 spiro atoms. The zero-order valence-electron chi connectivity index (χ0n) is 17.7. The number of likely N-dealkylation sites (N-methyl/N-ethyl adjacent to an activating group) is 1. The van der Waals surface area contributed by atoms with Crippen molar-refractivity contribution in [3.05, 3.63) is 70.6 Å². The number of nitrogens with one attached hydrogen (secondary N) is 3. The van der Waals surface area contributed by atoms with Crippen LogP contribution in [-0.2, 0) is 0 Å². The number of aliphatic hydroxyl groups excluding tert-OH is 1. The lowest BCUT2D eigenvalue weighted by Crippen LogP contribution is -2.30. The summed E-state index contributed by atoms with van der Waals surface area (Å²) in [4.78, 5) is 17.6. The zero-order chi connectivity index (χ0) is 23.3. The number of aromatic amines is 1. The highest BCUT2D eigenvalue weighted by atomic mass is 35.5. The Morgan fingerprint density at radius 3 is 2.29 bits per heavy atom. The molecule has 0 unspecified atom stereocenters. The Balaban J connectivity index is 0.000000327. The van der Waals surface area contributed by atoms with Crippen LogP contribution in [0, 0.1) is 0 Å². The molecular weight excluding hydrogens is 439 g/mol. The van der Waals surface area contributed by atoms with E-state index in [2.05, 4.69) is 20.6 Å². The standard InChI is InChI=1S/C13H14ClN3O2.C6H5Cl.C3H9NO/c1-13(2,19)17-12-4-10(11(14)6-16-12)8-3-9(7-18)15-5-8;7-6-4-2-1-3-5-6;1-4-2-3-5/h3-7,15,19H,1-2H3,(H,16,17);1-5H;4-5H,2-3H2,1H3. The maximum Gasteiger partial charge on any atom is 0.166 e. The molecule has 0 saturated carbocycles. The SMILES string of the molecule is CC(C)(O)Nc1cc(-c2c[nH]c(C=O)c2)c(Cl)cn1.CNCCO.Clc1ccccc1. The monoisotopic (exact) mass is 466 g/mol. The molecule has 0 amide bonds. The highest BCUT2D eigenvalue weighted by molar-refractivity contribution is 6.33. The summed E-state index contributed by atoms with van der Waals surface area (Å²) >= 11 is 11.6. The van der Waals surface area contributed by atoms with E-state index >= 15 is 0 Å². The van der Waals surface area contributed by atoms with Gasteiger partial charge >= 0.3 is 0 Å². The molecule has 0 fully saturated rings. The number of pyridine rings is 1. The molecule has 0 saturated heterocycles. The third kappa shape index (κ3) is 11.0. The minimum atomic E-state index is -1.08. The molecule has 2 aromatic heterocycles. The van der Waals surface area contributed by atoms with Gasteiger partial charge in [-0.1, -0.05) is 41.4 Å². The normalized spacial score (nSPS) is 10.3. The predicted molar refractivity (Wildman–Crippen MR) is 127 cm³/mol. The molecule has 9 heteroatoms. The number of aromatic nitrogens is 2. The summed E-state index contributed by atoms with van der Waals surface area (Å²) in [5.74, 6) is 0.501. The van der Waals surface area contributed by atoms with E-state index in [-0.39, 0.29) is 6.61 Å². The fourth-order valence-electron chi connectivity index (χ4n) is 2.20. The number of anilines is 1. The summed E-state index contributed by atoms with van der Waals surface area (Å²) in [6, 6.07) is 12.9. The van der Waals surface area contributed by atoms with Crippen molar-refractivity contribution in [2.24, 2.45) is 0 Å². The van der Waals surface area contributed by atoms with Gasteiger partial charge in [0.25, 0.3) is 0 Å². The number of H-pyrrole nitrogens is 1. The van der Waals surface area contributed by atoms with E-state index in [0.717, 1.165) is 22.4 Å². The van der Waals surface area contributed by atoms with Crippen molar-refractivity contribution >= 4 is 35.3 Å². The zero-order valence-corrected chi connectivity index (χ0v) is 19.2. The quantitative estimate of drug-likeness (QED) is 0.274. The van der Waals surface area contributed by atoms with Gasteiger partial charge < -0.3 is 25.8 Å². The largest absolute Gasteiger partial charge is 0.395 e. The van der Waals surface area contributed by atoms with Gasteiger partial charge in [-0.3, -0.25) is 4.79 Å². The summed E-state index contributed by atoms with van der Waals surface area (Å²) in [6.45, 7) is 4.16. The van der Waals surface area contributed by atoms with E-state index < -0.39 is 5.72 Å². The van der Waals surface area contributed by atoms with E-state index in [1.807, 2.05) is 30.3 Å². The van der Waals surface area contributed by atoms with Gasteiger partial charge in [-0.05, 0) is 45.2 Å². The van der Waals surface area contributed by atoms with Crippen molar-refractivity contribution in [2.45, 2.75) is 19.6 Å². The summed E-state index contributed by atoms with van der Waals surface area (Å²) < 4.78 is 0. The molecule has 2 heterocycles. The average molecular weight is 467 g/mol. The van der Waals surface area contributed by atoms with Crippen molar-refractivity contribution in [2.75, 3.05) is 25.5 Å². The van der Waals surface area contributed by atoms with E-state index in [1.54, 1.807) is 39.2 Å². The first kappa shape index (κ1) is 26.6. The molecule has 3 aromatic rings. The second-order valence-electron chi connectivity index (χ2n) is 6.82. The summed E-state index contributed by atoms with van der Waals surface area (Å²) in [5, 5.41) is 24.6. The predicted octanol–water partition coefficient (Wildman–Crippen LogP) is 4.22. The number of hydrogen-bond acceptors (Lipinski definition) is 6. The van der Waals surface area contributed by atoms with E-state index in [0.29, 0.717) is 23.1 Å². The van der Waals surface area contributed by atoms with Gasteiger partial charge in [-0.15, -0.1) is 0 Å². The van der Waals surface area contributed by atoms with Crippen LogP contribution in [0.5, 0.6) is 0 Å². The second-order valence-corrected chi connectivity index (χ2v) is 7.66. The Kier molecular flexibility index (Phi) is 11.8. The molecule has 0 atom stereocenters. The maximum absolute atomic E-state index is 10.7. The van der Waals surface area contributed by atoms with Crippen molar-refractivity contribution in [3.63, 3.8) is 0 Å². The molecule has 168 valence electrons. The van der Waals surface area contributed by atoms with Crippen LogP contribution in [-0.4, -0.2) is 52.4 Å². The number of halogens is 2. The molecular formula is C22H28Cl2N4O3. The third-order valence-electron chi connectivity index (χ3n) is 3.53. The lowest BCUT2D eigenvalue weighted by molar-refractivity contribution is 0.110. The number of nitrogens with zero attached hydrogens (tertiary/aromatic N) is 1. The highest BCUT2D eigenvalue weighted by Gasteiger charge is 2.14. The van der Waals surface area contributed by atoms with Crippen molar-refractivity contribution < 1.29 is 15.0 Å². The molecule has 3 rings (SSSR count). The molecule has 0 bridgehead atoms. The average Bonchev–Trinajstić information content (AvgIpc) is 3.20.